The summed E-state index contributed by atoms with van der Waals surface area (Å²) in [4.78, 5) is 0. The number of aliphatic hydroxyl groups excluding tert-OH is 1. The van der Waals surface area contributed by atoms with Crippen molar-refractivity contribution in [3.05, 3.63) is 17.7 Å². The van der Waals surface area contributed by atoms with E-state index in [1.165, 1.54) is 0 Å². The summed E-state index contributed by atoms with van der Waals surface area (Å²) in [6.07, 6.45) is 1.04. The Kier molecular flexibility index (Phi) is 5.10. The fourth-order valence-electron chi connectivity index (χ4n) is 1.82. The van der Waals surface area contributed by atoms with E-state index in [4.69, 9.17) is 14.2 Å². The van der Waals surface area contributed by atoms with Gasteiger partial charge < -0.3 is 19.3 Å². The predicted octanol–water partition coefficient (Wildman–Crippen LogP) is 2.55. The second-order valence-corrected chi connectivity index (χ2v) is 3.73. The second kappa shape index (κ2) is 6.35. The molecule has 0 aliphatic heterocycles. The van der Waals surface area contributed by atoms with Crippen molar-refractivity contribution < 1.29 is 19.3 Å². The number of rotatable bonds is 6. The first-order valence-electron chi connectivity index (χ1n) is 5.66. The lowest BCUT2D eigenvalue weighted by Gasteiger charge is -2.18. The van der Waals surface area contributed by atoms with Gasteiger partial charge in [-0.1, -0.05) is 13.3 Å². The highest BCUT2D eigenvalue weighted by molar-refractivity contribution is 5.56. The summed E-state index contributed by atoms with van der Waals surface area (Å²) >= 11 is 0. The van der Waals surface area contributed by atoms with Crippen molar-refractivity contribution in [2.45, 2.75) is 25.9 Å². The van der Waals surface area contributed by atoms with Gasteiger partial charge in [-0.25, -0.2) is 0 Å². The summed E-state index contributed by atoms with van der Waals surface area (Å²) in [5.41, 5.74) is 0.729. The standard InChI is InChI=1S/C13H20O4/c1-5-6-10(14)9-7-8-11(15-2)13(17-4)12(9)16-3/h7-8,10,14H,5-6H2,1-4H3. The van der Waals surface area contributed by atoms with Crippen LogP contribution in [0.1, 0.15) is 31.4 Å². The van der Waals surface area contributed by atoms with Crippen molar-refractivity contribution in [2.75, 3.05) is 21.3 Å². The van der Waals surface area contributed by atoms with E-state index >= 15 is 0 Å². The Morgan fingerprint density at radius 3 is 2.18 bits per heavy atom. The smallest absolute Gasteiger partial charge is 0.203 e. The zero-order valence-electron chi connectivity index (χ0n) is 10.8. The maximum Gasteiger partial charge on any atom is 0.203 e. The van der Waals surface area contributed by atoms with Gasteiger partial charge in [-0.05, 0) is 18.6 Å². The topological polar surface area (TPSA) is 47.9 Å². The molecule has 1 rings (SSSR count). The molecule has 17 heavy (non-hydrogen) atoms. The van der Waals surface area contributed by atoms with Crippen LogP contribution in [0.15, 0.2) is 12.1 Å². The second-order valence-electron chi connectivity index (χ2n) is 3.73. The lowest BCUT2D eigenvalue weighted by atomic mass is 10.0. The molecule has 0 amide bonds. The third-order valence-corrected chi connectivity index (χ3v) is 2.66. The average Bonchev–Trinajstić information content (AvgIpc) is 2.36. The lowest BCUT2D eigenvalue weighted by Crippen LogP contribution is -2.03. The van der Waals surface area contributed by atoms with Crippen LogP contribution in [0.4, 0.5) is 0 Å². The monoisotopic (exact) mass is 240 g/mol. The average molecular weight is 240 g/mol. The molecule has 1 aromatic rings. The molecule has 4 nitrogen and oxygen atoms in total. The third kappa shape index (κ3) is 2.82. The summed E-state index contributed by atoms with van der Waals surface area (Å²) in [5.74, 6) is 1.65. The van der Waals surface area contributed by atoms with Crippen molar-refractivity contribution in [1.29, 1.82) is 0 Å². The van der Waals surface area contributed by atoms with Gasteiger partial charge in [0.05, 0.1) is 27.4 Å². The minimum atomic E-state index is -0.547. The number of ether oxygens (including phenoxy) is 3. The van der Waals surface area contributed by atoms with E-state index in [1.807, 2.05) is 6.92 Å². The van der Waals surface area contributed by atoms with Crippen LogP contribution in [0.5, 0.6) is 17.2 Å². The molecular formula is C13H20O4. The van der Waals surface area contributed by atoms with Crippen molar-refractivity contribution in [2.24, 2.45) is 0 Å². The largest absolute Gasteiger partial charge is 0.493 e. The molecule has 0 spiro atoms. The molecule has 0 bridgehead atoms. The summed E-state index contributed by atoms with van der Waals surface area (Å²) in [6.45, 7) is 2.02. The fourth-order valence-corrected chi connectivity index (χ4v) is 1.82. The zero-order chi connectivity index (χ0) is 12.8. The molecule has 1 aromatic carbocycles. The maximum absolute atomic E-state index is 10.0. The minimum Gasteiger partial charge on any atom is -0.493 e. The van der Waals surface area contributed by atoms with Crippen molar-refractivity contribution in [1.82, 2.24) is 0 Å². The minimum absolute atomic E-state index is 0.516. The summed E-state index contributed by atoms with van der Waals surface area (Å²) < 4.78 is 15.8. The van der Waals surface area contributed by atoms with Gasteiger partial charge >= 0.3 is 0 Å². The van der Waals surface area contributed by atoms with Crippen LogP contribution in [-0.4, -0.2) is 26.4 Å². The summed E-state index contributed by atoms with van der Waals surface area (Å²) in [6, 6.07) is 3.58. The predicted molar refractivity (Wildman–Crippen MR) is 66.0 cm³/mol. The van der Waals surface area contributed by atoms with E-state index in [0.717, 1.165) is 12.0 Å². The normalized spacial score (nSPS) is 12.1. The molecule has 4 heteroatoms. The molecule has 0 saturated heterocycles. The van der Waals surface area contributed by atoms with Crippen molar-refractivity contribution >= 4 is 0 Å². The van der Waals surface area contributed by atoms with Gasteiger partial charge in [-0.3, -0.25) is 0 Å². The highest BCUT2D eigenvalue weighted by Gasteiger charge is 2.20. The first kappa shape index (κ1) is 13.6. The van der Waals surface area contributed by atoms with E-state index in [1.54, 1.807) is 33.5 Å². The van der Waals surface area contributed by atoms with Gasteiger partial charge in [0.2, 0.25) is 5.75 Å². The molecule has 0 aromatic heterocycles. The van der Waals surface area contributed by atoms with Gasteiger partial charge in [0.15, 0.2) is 11.5 Å². The van der Waals surface area contributed by atoms with Crippen LogP contribution >= 0.6 is 0 Å². The Labute approximate surface area is 102 Å². The number of aliphatic hydroxyl groups is 1. The van der Waals surface area contributed by atoms with Crippen LogP contribution < -0.4 is 14.2 Å². The molecule has 1 atom stereocenters. The van der Waals surface area contributed by atoms with Crippen LogP contribution in [-0.2, 0) is 0 Å². The van der Waals surface area contributed by atoms with Gasteiger partial charge in [-0.2, -0.15) is 0 Å². The van der Waals surface area contributed by atoms with Crippen molar-refractivity contribution in [3.8, 4) is 17.2 Å². The summed E-state index contributed by atoms with van der Waals surface area (Å²) in [7, 11) is 4.68. The summed E-state index contributed by atoms with van der Waals surface area (Å²) in [5, 5.41) is 10.0. The van der Waals surface area contributed by atoms with E-state index in [-0.39, 0.29) is 0 Å². The van der Waals surface area contributed by atoms with Gasteiger partial charge in [0.25, 0.3) is 0 Å². The van der Waals surface area contributed by atoms with E-state index in [9.17, 15) is 5.11 Å². The van der Waals surface area contributed by atoms with E-state index < -0.39 is 6.10 Å². The first-order valence-corrected chi connectivity index (χ1v) is 5.66. The molecule has 0 fully saturated rings. The van der Waals surface area contributed by atoms with Crippen LogP contribution in [0.25, 0.3) is 0 Å². The van der Waals surface area contributed by atoms with Crippen LogP contribution in [0.3, 0.4) is 0 Å². The first-order chi connectivity index (χ1) is 8.19. The Morgan fingerprint density at radius 2 is 1.71 bits per heavy atom. The number of hydrogen-bond acceptors (Lipinski definition) is 4. The quantitative estimate of drug-likeness (QED) is 0.830. The van der Waals surface area contributed by atoms with Gasteiger partial charge in [0, 0.05) is 5.56 Å². The number of hydrogen-bond donors (Lipinski definition) is 1. The number of benzene rings is 1. The van der Waals surface area contributed by atoms with Crippen molar-refractivity contribution in [3.63, 3.8) is 0 Å². The molecule has 0 saturated carbocycles. The highest BCUT2D eigenvalue weighted by atomic mass is 16.5. The zero-order valence-corrected chi connectivity index (χ0v) is 10.8. The SMILES string of the molecule is CCCC(O)c1ccc(OC)c(OC)c1OC. The molecule has 1 N–H and O–H groups in total. The van der Waals surface area contributed by atoms with Crippen LogP contribution in [0, 0.1) is 0 Å². The van der Waals surface area contributed by atoms with Gasteiger partial charge in [-0.15, -0.1) is 0 Å². The van der Waals surface area contributed by atoms with Gasteiger partial charge in [0.1, 0.15) is 0 Å². The Bertz CT molecular complexity index is 363. The molecule has 1 unspecified atom stereocenters. The van der Waals surface area contributed by atoms with E-state index in [2.05, 4.69) is 0 Å². The van der Waals surface area contributed by atoms with E-state index in [0.29, 0.717) is 23.7 Å². The van der Waals surface area contributed by atoms with Crippen LogP contribution in [0.2, 0.25) is 0 Å². The number of methoxy groups -OCH3 is 3. The molecule has 0 radical (unpaired) electrons. The molecule has 0 aliphatic rings. The molecular weight excluding hydrogens is 220 g/mol. The lowest BCUT2D eigenvalue weighted by molar-refractivity contribution is 0.161. The maximum atomic E-state index is 10.0. The molecule has 0 heterocycles. The molecule has 0 aliphatic carbocycles. The third-order valence-electron chi connectivity index (χ3n) is 2.66. The highest BCUT2D eigenvalue weighted by Crippen LogP contribution is 2.42. The Morgan fingerprint density at radius 1 is 1.06 bits per heavy atom. The Balaban J connectivity index is 3.22. The molecule has 96 valence electrons. The Hall–Kier alpha value is -1.42. The fraction of sp³-hybridized carbons (Fsp3) is 0.538.